The monoisotopic (exact) mass is 410 g/mol. The quantitative estimate of drug-likeness (QED) is 0.348. The van der Waals surface area contributed by atoms with Gasteiger partial charge in [-0.1, -0.05) is 6.07 Å². The fourth-order valence-corrected chi connectivity index (χ4v) is 2.80. The third-order valence-corrected chi connectivity index (χ3v) is 4.18. The smallest absolute Gasteiger partial charge is 0.335 e. The van der Waals surface area contributed by atoms with Crippen molar-refractivity contribution in [3.8, 4) is 17.2 Å². The number of amides is 4. The van der Waals surface area contributed by atoms with Gasteiger partial charge in [0.25, 0.3) is 11.8 Å². The normalized spacial score (nSPS) is 15.1. The number of ether oxygens (including phenoxy) is 3. The van der Waals surface area contributed by atoms with E-state index in [-0.39, 0.29) is 22.8 Å². The molecular weight excluding hydrogens is 392 g/mol. The predicted octanol–water partition coefficient (Wildman–Crippen LogP) is 2.30. The van der Waals surface area contributed by atoms with Crippen molar-refractivity contribution >= 4 is 35.6 Å². The molecule has 0 spiro atoms. The molecule has 1 heterocycles. The minimum absolute atomic E-state index is 0.196. The Balaban J connectivity index is 1.96. The van der Waals surface area contributed by atoms with Gasteiger partial charge in [-0.3, -0.25) is 19.7 Å². The van der Waals surface area contributed by atoms with Crippen molar-refractivity contribution in [2.75, 3.05) is 19.1 Å². The number of barbiturate groups is 1. The number of nitrogens with one attached hydrogen (secondary N) is 1. The number of rotatable bonds is 5. The SMILES string of the molecule is COc1ccc(N2C(=O)NC(=O)/C(=C/c3ccc(OC(C)=O)c(OC)c3)C2=O)cc1. The van der Waals surface area contributed by atoms with Crippen LogP contribution in [0.3, 0.4) is 0 Å². The first kappa shape index (κ1) is 20.6. The van der Waals surface area contributed by atoms with Gasteiger partial charge in [-0.15, -0.1) is 0 Å². The highest BCUT2D eigenvalue weighted by atomic mass is 16.6. The summed E-state index contributed by atoms with van der Waals surface area (Å²) in [6, 6.07) is 9.91. The van der Waals surface area contributed by atoms with Crippen molar-refractivity contribution in [3.05, 3.63) is 53.6 Å². The molecule has 0 atom stereocenters. The summed E-state index contributed by atoms with van der Waals surface area (Å²) in [5, 5.41) is 2.15. The average molecular weight is 410 g/mol. The topological polar surface area (TPSA) is 111 Å². The van der Waals surface area contributed by atoms with Crippen LogP contribution in [0, 0.1) is 0 Å². The Morgan fingerprint density at radius 3 is 2.27 bits per heavy atom. The number of methoxy groups -OCH3 is 2. The molecule has 2 aromatic carbocycles. The lowest BCUT2D eigenvalue weighted by atomic mass is 10.1. The molecule has 1 aliphatic rings. The molecule has 2 aromatic rings. The number of hydrogen-bond donors (Lipinski definition) is 1. The van der Waals surface area contributed by atoms with Crippen molar-refractivity contribution in [1.29, 1.82) is 0 Å². The average Bonchev–Trinajstić information content (AvgIpc) is 2.72. The van der Waals surface area contributed by atoms with E-state index < -0.39 is 23.8 Å². The van der Waals surface area contributed by atoms with Crippen LogP contribution in [0.15, 0.2) is 48.0 Å². The summed E-state index contributed by atoms with van der Waals surface area (Å²) in [6.45, 7) is 1.26. The van der Waals surface area contributed by atoms with Gasteiger partial charge in [0.15, 0.2) is 11.5 Å². The summed E-state index contributed by atoms with van der Waals surface area (Å²) in [6.07, 6.45) is 1.32. The highest BCUT2D eigenvalue weighted by Gasteiger charge is 2.36. The van der Waals surface area contributed by atoms with Crippen LogP contribution in [0.2, 0.25) is 0 Å². The van der Waals surface area contributed by atoms with Gasteiger partial charge in [-0.25, -0.2) is 9.69 Å². The lowest BCUT2D eigenvalue weighted by Crippen LogP contribution is -2.54. The molecule has 0 aliphatic carbocycles. The Kier molecular flexibility index (Phi) is 5.82. The Labute approximate surface area is 171 Å². The van der Waals surface area contributed by atoms with E-state index in [1.807, 2.05) is 0 Å². The molecule has 1 aliphatic heterocycles. The van der Waals surface area contributed by atoms with E-state index in [0.29, 0.717) is 11.3 Å². The van der Waals surface area contributed by atoms with Gasteiger partial charge in [0.2, 0.25) is 0 Å². The van der Waals surface area contributed by atoms with Crippen LogP contribution in [-0.4, -0.2) is 38.0 Å². The molecular formula is C21H18N2O7. The number of imide groups is 2. The van der Waals surface area contributed by atoms with Crippen molar-refractivity contribution < 1.29 is 33.4 Å². The lowest BCUT2D eigenvalue weighted by molar-refractivity contribution is -0.132. The van der Waals surface area contributed by atoms with Gasteiger partial charge in [0, 0.05) is 6.92 Å². The molecule has 1 fully saturated rings. The second kappa shape index (κ2) is 8.48. The minimum atomic E-state index is -0.852. The third kappa shape index (κ3) is 4.14. The first-order valence-electron chi connectivity index (χ1n) is 8.76. The number of urea groups is 1. The molecule has 154 valence electrons. The van der Waals surface area contributed by atoms with E-state index in [0.717, 1.165) is 4.90 Å². The fourth-order valence-electron chi connectivity index (χ4n) is 2.80. The van der Waals surface area contributed by atoms with E-state index in [1.54, 1.807) is 18.2 Å². The van der Waals surface area contributed by atoms with Crippen LogP contribution in [-0.2, 0) is 14.4 Å². The summed E-state index contributed by atoms with van der Waals surface area (Å²) in [5.74, 6) is -1.13. The maximum atomic E-state index is 12.9. The molecule has 4 amide bonds. The van der Waals surface area contributed by atoms with E-state index in [4.69, 9.17) is 14.2 Å². The summed E-state index contributed by atoms with van der Waals surface area (Å²) in [7, 11) is 2.88. The van der Waals surface area contributed by atoms with E-state index in [9.17, 15) is 19.2 Å². The van der Waals surface area contributed by atoms with Crippen LogP contribution in [0.1, 0.15) is 12.5 Å². The Morgan fingerprint density at radius 1 is 0.967 bits per heavy atom. The van der Waals surface area contributed by atoms with E-state index in [2.05, 4.69) is 5.32 Å². The van der Waals surface area contributed by atoms with Gasteiger partial charge in [-0.05, 0) is 48.0 Å². The molecule has 9 nitrogen and oxygen atoms in total. The number of nitrogens with zero attached hydrogens (tertiary/aromatic N) is 1. The van der Waals surface area contributed by atoms with Crippen molar-refractivity contribution in [2.45, 2.75) is 6.92 Å². The van der Waals surface area contributed by atoms with Crippen LogP contribution in [0.5, 0.6) is 17.2 Å². The van der Waals surface area contributed by atoms with Crippen LogP contribution in [0.4, 0.5) is 10.5 Å². The summed E-state index contributed by atoms with van der Waals surface area (Å²) in [4.78, 5) is 49.5. The van der Waals surface area contributed by atoms with Crippen molar-refractivity contribution in [2.24, 2.45) is 0 Å². The zero-order valence-corrected chi connectivity index (χ0v) is 16.4. The summed E-state index contributed by atoms with van der Waals surface area (Å²) in [5.41, 5.74) is 0.470. The maximum Gasteiger partial charge on any atom is 0.335 e. The zero-order valence-electron chi connectivity index (χ0n) is 16.4. The molecule has 3 rings (SSSR count). The molecule has 0 unspecified atom stereocenters. The fraction of sp³-hybridized carbons (Fsp3) is 0.143. The van der Waals surface area contributed by atoms with E-state index >= 15 is 0 Å². The van der Waals surface area contributed by atoms with Crippen molar-refractivity contribution in [1.82, 2.24) is 5.32 Å². The Hall–Kier alpha value is -4.14. The third-order valence-electron chi connectivity index (χ3n) is 4.18. The molecule has 9 heteroatoms. The molecule has 1 saturated heterocycles. The second-order valence-corrected chi connectivity index (χ2v) is 6.16. The zero-order chi connectivity index (χ0) is 21.8. The number of carbonyl (C=O) groups is 4. The number of anilines is 1. The van der Waals surface area contributed by atoms with Crippen LogP contribution < -0.4 is 24.4 Å². The molecule has 0 radical (unpaired) electrons. The van der Waals surface area contributed by atoms with Crippen molar-refractivity contribution in [3.63, 3.8) is 0 Å². The van der Waals surface area contributed by atoms with Crippen LogP contribution >= 0.6 is 0 Å². The lowest BCUT2D eigenvalue weighted by Gasteiger charge is -2.26. The van der Waals surface area contributed by atoms with Gasteiger partial charge in [0.1, 0.15) is 11.3 Å². The molecule has 1 N–H and O–H groups in total. The van der Waals surface area contributed by atoms with Gasteiger partial charge in [0.05, 0.1) is 19.9 Å². The Bertz CT molecular complexity index is 1060. The first-order chi connectivity index (χ1) is 14.3. The summed E-state index contributed by atoms with van der Waals surface area (Å²) < 4.78 is 15.3. The highest BCUT2D eigenvalue weighted by Crippen LogP contribution is 2.30. The molecule has 0 aromatic heterocycles. The maximum absolute atomic E-state index is 12.9. The number of hydrogen-bond acceptors (Lipinski definition) is 7. The standard InChI is InChI=1S/C21H18N2O7/c1-12(24)30-17-9-4-13(11-18(17)29-3)10-16-19(25)22-21(27)23(20(16)26)14-5-7-15(28-2)8-6-14/h4-11H,1-3H3,(H,22,25,27)/b16-10-. The van der Waals surface area contributed by atoms with Gasteiger partial charge in [-0.2, -0.15) is 0 Å². The van der Waals surface area contributed by atoms with Gasteiger partial charge >= 0.3 is 12.0 Å². The first-order valence-corrected chi connectivity index (χ1v) is 8.76. The summed E-state index contributed by atoms with van der Waals surface area (Å²) >= 11 is 0. The number of esters is 1. The Morgan fingerprint density at radius 2 is 1.67 bits per heavy atom. The number of benzene rings is 2. The molecule has 0 saturated carbocycles. The second-order valence-electron chi connectivity index (χ2n) is 6.16. The molecule has 0 bridgehead atoms. The van der Waals surface area contributed by atoms with Gasteiger partial charge < -0.3 is 14.2 Å². The van der Waals surface area contributed by atoms with Crippen LogP contribution in [0.25, 0.3) is 6.08 Å². The molecule has 30 heavy (non-hydrogen) atoms. The largest absolute Gasteiger partial charge is 0.497 e. The van der Waals surface area contributed by atoms with E-state index in [1.165, 1.54) is 51.5 Å². The number of carbonyl (C=O) groups excluding carboxylic acids is 4. The predicted molar refractivity (Wildman–Crippen MR) is 106 cm³/mol. The minimum Gasteiger partial charge on any atom is -0.497 e. The highest BCUT2D eigenvalue weighted by molar-refractivity contribution is 6.39.